The number of para-hydroxylation sites is 1. The number of halogens is 1. The van der Waals surface area contributed by atoms with E-state index in [-0.39, 0.29) is 23.5 Å². The second-order valence-corrected chi connectivity index (χ2v) is 8.84. The van der Waals surface area contributed by atoms with Crippen molar-refractivity contribution in [3.8, 4) is 11.3 Å². The Balaban J connectivity index is 1.64. The van der Waals surface area contributed by atoms with Crippen molar-refractivity contribution in [2.75, 3.05) is 13.2 Å². The van der Waals surface area contributed by atoms with E-state index >= 15 is 0 Å². The fourth-order valence-electron chi connectivity index (χ4n) is 5.29. The van der Waals surface area contributed by atoms with Crippen LogP contribution in [0.25, 0.3) is 33.2 Å². The average Bonchev–Trinajstić information content (AvgIpc) is 3.44. The molecular formula is C27H26FN5O. The van der Waals surface area contributed by atoms with Gasteiger partial charge in [-0.05, 0) is 55.4 Å². The Bertz CT molecular complexity index is 1590. The topological polar surface area (TPSA) is 57.8 Å². The summed E-state index contributed by atoms with van der Waals surface area (Å²) in [4.78, 5) is 4.83. The number of rotatable bonds is 4. The molecule has 172 valence electrons. The van der Waals surface area contributed by atoms with E-state index < -0.39 is 6.85 Å². The van der Waals surface area contributed by atoms with Gasteiger partial charge in [-0.2, -0.15) is 0 Å². The van der Waals surface area contributed by atoms with E-state index in [1.54, 1.807) is 13.2 Å². The molecule has 4 heterocycles. The summed E-state index contributed by atoms with van der Waals surface area (Å²) in [5, 5.41) is 8.93. The van der Waals surface area contributed by atoms with Crippen molar-refractivity contribution < 1.29 is 13.2 Å². The van der Waals surface area contributed by atoms with Gasteiger partial charge in [-0.25, -0.2) is 9.07 Å². The fraction of sp³-hybridized carbons (Fsp3) is 0.296. The van der Waals surface area contributed by atoms with Crippen LogP contribution in [-0.4, -0.2) is 37.8 Å². The molecule has 0 radical (unpaired) electrons. The molecule has 5 aromatic rings. The summed E-state index contributed by atoms with van der Waals surface area (Å²) < 4.78 is 47.2. The molecule has 0 aliphatic carbocycles. The first-order valence-electron chi connectivity index (χ1n) is 13.0. The Morgan fingerprint density at radius 3 is 2.68 bits per heavy atom. The van der Waals surface area contributed by atoms with Crippen LogP contribution in [0.1, 0.15) is 34.3 Å². The average molecular weight is 459 g/mol. The molecule has 0 saturated carbocycles. The van der Waals surface area contributed by atoms with E-state index in [0.29, 0.717) is 24.5 Å². The van der Waals surface area contributed by atoms with Gasteiger partial charge in [0.25, 0.3) is 0 Å². The lowest BCUT2D eigenvalue weighted by Gasteiger charge is -2.33. The van der Waals surface area contributed by atoms with Crippen molar-refractivity contribution in [2.24, 2.45) is 13.0 Å². The zero-order valence-corrected chi connectivity index (χ0v) is 18.8. The molecule has 6 rings (SSSR count). The summed E-state index contributed by atoms with van der Waals surface area (Å²) in [7, 11) is 1.68. The van der Waals surface area contributed by atoms with Gasteiger partial charge in [0.2, 0.25) is 0 Å². The molecule has 0 bridgehead atoms. The van der Waals surface area contributed by atoms with Gasteiger partial charge < -0.3 is 9.30 Å². The van der Waals surface area contributed by atoms with Crippen LogP contribution in [0.3, 0.4) is 0 Å². The van der Waals surface area contributed by atoms with Gasteiger partial charge >= 0.3 is 0 Å². The van der Waals surface area contributed by atoms with Gasteiger partial charge in [0.15, 0.2) is 0 Å². The SMILES string of the molecule is [2H]C([2H])([2H])c1nnn(C)c1-c1cnc2c3ccccc3n([C@H](c3ccc(F)cc3)C3CCOCC3)c2c1. The lowest BCUT2D eigenvalue weighted by molar-refractivity contribution is 0.0552. The maximum absolute atomic E-state index is 13.9. The lowest BCUT2D eigenvalue weighted by Crippen LogP contribution is -2.27. The van der Waals surface area contributed by atoms with Crippen LogP contribution in [0.4, 0.5) is 4.39 Å². The van der Waals surface area contributed by atoms with E-state index in [1.165, 1.54) is 16.8 Å². The van der Waals surface area contributed by atoms with E-state index in [4.69, 9.17) is 13.8 Å². The van der Waals surface area contributed by atoms with Gasteiger partial charge in [0, 0.05) is 41.5 Å². The minimum atomic E-state index is -2.41. The Hall–Kier alpha value is -3.58. The highest BCUT2D eigenvalue weighted by atomic mass is 19.1. The summed E-state index contributed by atoms with van der Waals surface area (Å²) in [5.41, 5.74) is 4.70. The zero-order chi connectivity index (χ0) is 25.7. The number of aryl methyl sites for hydroxylation is 2. The number of benzene rings is 2. The largest absolute Gasteiger partial charge is 0.381 e. The van der Waals surface area contributed by atoms with Crippen molar-refractivity contribution in [2.45, 2.75) is 25.7 Å². The number of hydrogen-bond acceptors (Lipinski definition) is 4. The quantitative estimate of drug-likeness (QED) is 0.359. The molecule has 1 saturated heterocycles. The summed E-state index contributed by atoms with van der Waals surface area (Å²) in [6.45, 7) is -1.07. The zero-order valence-electron chi connectivity index (χ0n) is 21.8. The molecule has 0 amide bonds. The molecule has 2 aromatic carbocycles. The van der Waals surface area contributed by atoms with E-state index in [2.05, 4.69) is 20.9 Å². The molecular weight excluding hydrogens is 429 g/mol. The number of fused-ring (bicyclic) bond motifs is 3. The van der Waals surface area contributed by atoms with Gasteiger partial charge in [0.05, 0.1) is 34.0 Å². The third-order valence-corrected chi connectivity index (χ3v) is 6.85. The molecule has 1 atom stereocenters. The Morgan fingerprint density at radius 2 is 1.88 bits per heavy atom. The Kier molecular flexibility index (Phi) is 4.37. The number of aromatic nitrogens is 5. The van der Waals surface area contributed by atoms with Crippen molar-refractivity contribution in [3.63, 3.8) is 0 Å². The molecule has 6 nitrogen and oxygen atoms in total. The molecule has 1 aliphatic heterocycles. The third kappa shape index (κ3) is 3.39. The predicted molar refractivity (Wildman–Crippen MR) is 130 cm³/mol. The molecule has 1 aliphatic rings. The van der Waals surface area contributed by atoms with Gasteiger partial charge in [0.1, 0.15) is 5.82 Å². The number of pyridine rings is 1. The van der Waals surface area contributed by atoms with Crippen LogP contribution in [0, 0.1) is 18.6 Å². The van der Waals surface area contributed by atoms with Crippen LogP contribution < -0.4 is 0 Å². The first-order valence-corrected chi connectivity index (χ1v) is 11.5. The summed E-state index contributed by atoms with van der Waals surface area (Å²) in [5.74, 6) is -0.0141. The van der Waals surface area contributed by atoms with Crippen molar-refractivity contribution in [1.82, 2.24) is 24.5 Å². The van der Waals surface area contributed by atoms with Crippen LogP contribution in [-0.2, 0) is 11.8 Å². The number of nitrogens with zero attached hydrogens (tertiary/aromatic N) is 5. The second kappa shape index (κ2) is 8.33. The molecule has 7 heteroatoms. The Morgan fingerprint density at radius 1 is 1.09 bits per heavy atom. The van der Waals surface area contributed by atoms with Crippen molar-refractivity contribution >= 4 is 21.9 Å². The lowest BCUT2D eigenvalue weighted by atomic mass is 9.86. The fourth-order valence-corrected chi connectivity index (χ4v) is 5.29. The normalized spacial score (nSPS) is 17.5. The van der Waals surface area contributed by atoms with Crippen LogP contribution in [0.15, 0.2) is 60.8 Å². The standard InChI is InChI=1S/C27H26FN5O/c1-17-26(32(2)31-30-17)20-15-24-25(29-16-20)22-5-3-4-6-23(22)33(24)27(19-11-13-34-14-12-19)18-7-9-21(28)10-8-18/h3-10,15-16,19,27H,11-14H2,1-2H3/t27-/m1/s1/i1D3. The highest BCUT2D eigenvalue weighted by Gasteiger charge is 2.30. The number of ether oxygens (including phenoxy) is 1. The van der Waals surface area contributed by atoms with E-state index in [0.717, 1.165) is 40.3 Å². The molecule has 0 spiro atoms. The first-order chi connectivity index (χ1) is 17.8. The smallest absolute Gasteiger partial charge is 0.123 e. The van der Waals surface area contributed by atoms with Gasteiger partial charge in [-0.15, -0.1) is 5.10 Å². The minimum Gasteiger partial charge on any atom is -0.381 e. The molecule has 1 fully saturated rings. The summed E-state index contributed by atoms with van der Waals surface area (Å²) in [6, 6.07) is 16.7. The highest BCUT2D eigenvalue weighted by Crippen LogP contribution is 2.41. The number of hydrogen-bond donors (Lipinski definition) is 0. The molecule has 0 N–H and O–H groups in total. The van der Waals surface area contributed by atoms with E-state index in [1.807, 2.05) is 36.4 Å². The third-order valence-electron chi connectivity index (χ3n) is 6.85. The molecule has 3 aromatic heterocycles. The predicted octanol–water partition coefficient (Wildman–Crippen LogP) is 5.45. The maximum atomic E-state index is 13.9. The summed E-state index contributed by atoms with van der Waals surface area (Å²) >= 11 is 0. The Labute approximate surface area is 201 Å². The van der Waals surface area contributed by atoms with Gasteiger partial charge in [-0.3, -0.25) is 4.98 Å². The van der Waals surface area contributed by atoms with Crippen LogP contribution in [0.2, 0.25) is 0 Å². The first kappa shape index (κ1) is 17.8. The molecule has 0 unspecified atom stereocenters. The molecule has 34 heavy (non-hydrogen) atoms. The van der Waals surface area contributed by atoms with Crippen molar-refractivity contribution in [1.29, 1.82) is 0 Å². The highest BCUT2D eigenvalue weighted by molar-refractivity contribution is 6.06. The second-order valence-electron chi connectivity index (χ2n) is 8.84. The van der Waals surface area contributed by atoms with Crippen LogP contribution >= 0.6 is 0 Å². The summed E-state index contributed by atoms with van der Waals surface area (Å²) in [6.07, 6.45) is 3.43. The monoisotopic (exact) mass is 458 g/mol. The van der Waals surface area contributed by atoms with Crippen molar-refractivity contribution in [3.05, 3.63) is 77.9 Å². The maximum Gasteiger partial charge on any atom is 0.123 e. The minimum absolute atomic E-state index is 0.0571. The van der Waals surface area contributed by atoms with Gasteiger partial charge in [-0.1, -0.05) is 35.5 Å². The van der Waals surface area contributed by atoms with E-state index in [9.17, 15) is 4.39 Å². The van der Waals surface area contributed by atoms with Crippen LogP contribution in [0.5, 0.6) is 0 Å².